The van der Waals surface area contributed by atoms with E-state index >= 15 is 0 Å². The molecule has 0 bridgehead atoms. The first-order valence-corrected chi connectivity index (χ1v) is 5.57. The molecule has 0 radical (unpaired) electrons. The first-order chi connectivity index (χ1) is 6.97. The predicted octanol–water partition coefficient (Wildman–Crippen LogP) is 2.57. The summed E-state index contributed by atoms with van der Waals surface area (Å²) in [6.45, 7) is 6.29. The zero-order valence-electron chi connectivity index (χ0n) is 9.16. The van der Waals surface area contributed by atoms with Crippen LogP contribution >= 0.6 is 0 Å². The lowest BCUT2D eigenvalue weighted by Crippen LogP contribution is -2.28. The van der Waals surface area contributed by atoms with Crippen molar-refractivity contribution in [3.8, 4) is 0 Å². The van der Waals surface area contributed by atoms with Crippen LogP contribution in [0.5, 0.6) is 0 Å². The monoisotopic (exact) mass is 192 g/mol. The van der Waals surface area contributed by atoms with Gasteiger partial charge in [0.1, 0.15) is 0 Å². The van der Waals surface area contributed by atoms with E-state index < -0.39 is 0 Å². The Morgan fingerprint density at radius 3 is 2.86 bits per heavy atom. The third-order valence-corrected chi connectivity index (χ3v) is 2.45. The molecule has 1 N–H and O–H groups in total. The van der Waals surface area contributed by atoms with Crippen molar-refractivity contribution in [2.24, 2.45) is 0 Å². The molecule has 14 heavy (non-hydrogen) atoms. The fourth-order valence-electron chi connectivity index (χ4n) is 1.75. The van der Waals surface area contributed by atoms with Gasteiger partial charge in [0.05, 0.1) is 0 Å². The van der Waals surface area contributed by atoms with Crippen molar-refractivity contribution in [1.29, 1.82) is 0 Å². The highest BCUT2D eigenvalue weighted by Gasteiger charge is 2.14. The summed E-state index contributed by atoms with van der Waals surface area (Å²) in [4.78, 5) is 4.13. The number of piperidine rings is 1. The molecule has 0 aromatic carbocycles. The second-order valence-corrected chi connectivity index (χ2v) is 3.33. The van der Waals surface area contributed by atoms with E-state index in [1.165, 1.54) is 24.9 Å². The third-order valence-electron chi connectivity index (χ3n) is 2.45. The van der Waals surface area contributed by atoms with Crippen LogP contribution in [0.25, 0.3) is 0 Å². The lowest BCUT2D eigenvalue weighted by molar-refractivity contribution is 0.461. The second kappa shape index (κ2) is 6.55. The average molecular weight is 192 g/mol. The number of hydrogen-bond donors (Lipinski definition) is 1. The molecule has 1 aliphatic rings. The zero-order valence-corrected chi connectivity index (χ0v) is 9.16. The predicted molar refractivity (Wildman–Crippen MR) is 60.4 cm³/mol. The Balaban J connectivity index is 0.000000461. The van der Waals surface area contributed by atoms with Crippen molar-refractivity contribution in [2.45, 2.75) is 32.6 Å². The largest absolute Gasteiger partial charge is 0.316 e. The molecular weight excluding hydrogens is 172 g/mol. The fourth-order valence-corrected chi connectivity index (χ4v) is 1.75. The maximum atomic E-state index is 4.13. The Labute approximate surface area is 86.8 Å². The van der Waals surface area contributed by atoms with Gasteiger partial charge in [-0.1, -0.05) is 19.9 Å². The van der Waals surface area contributed by atoms with Gasteiger partial charge in [0.2, 0.25) is 0 Å². The molecular formula is C12H20N2. The number of nitrogens with zero attached hydrogens (tertiary/aromatic N) is 1. The van der Waals surface area contributed by atoms with Crippen molar-refractivity contribution in [2.75, 3.05) is 13.1 Å². The summed E-state index contributed by atoms with van der Waals surface area (Å²) in [7, 11) is 0. The molecule has 1 aromatic heterocycles. The van der Waals surface area contributed by atoms with Gasteiger partial charge in [0.25, 0.3) is 0 Å². The average Bonchev–Trinajstić information content (AvgIpc) is 2.34. The third kappa shape index (κ3) is 3.11. The van der Waals surface area contributed by atoms with E-state index in [1.54, 1.807) is 0 Å². The van der Waals surface area contributed by atoms with E-state index in [1.807, 2.05) is 32.3 Å². The molecule has 0 saturated carbocycles. The maximum Gasteiger partial charge on any atom is 0.0303 e. The van der Waals surface area contributed by atoms with Crippen molar-refractivity contribution in [1.82, 2.24) is 10.3 Å². The molecule has 78 valence electrons. The molecule has 1 aromatic rings. The lowest BCUT2D eigenvalue weighted by Gasteiger charge is -2.22. The van der Waals surface area contributed by atoms with Gasteiger partial charge in [0, 0.05) is 18.9 Å². The highest BCUT2D eigenvalue weighted by Crippen LogP contribution is 2.21. The number of pyridine rings is 1. The molecule has 0 amide bonds. The molecule has 1 atom stereocenters. The molecule has 1 aliphatic heterocycles. The second-order valence-electron chi connectivity index (χ2n) is 3.33. The van der Waals surface area contributed by atoms with Gasteiger partial charge in [-0.2, -0.15) is 0 Å². The van der Waals surface area contributed by atoms with E-state index in [2.05, 4.69) is 16.4 Å². The molecule has 1 saturated heterocycles. The van der Waals surface area contributed by atoms with Crippen LogP contribution in [-0.2, 0) is 0 Å². The summed E-state index contributed by atoms with van der Waals surface area (Å²) >= 11 is 0. The standard InChI is InChI=1S/C10H14N2.C2H6/c1-3-9(7-11-5-1)10-4-2-6-12-8-10;1-2/h1,3,5,7,10,12H,2,4,6,8H2;1-2H3. The molecule has 0 aliphatic carbocycles. The highest BCUT2D eigenvalue weighted by molar-refractivity contribution is 5.15. The maximum absolute atomic E-state index is 4.13. The minimum Gasteiger partial charge on any atom is -0.316 e. The van der Waals surface area contributed by atoms with Crippen LogP contribution < -0.4 is 5.32 Å². The quantitative estimate of drug-likeness (QED) is 0.739. The number of hydrogen-bond acceptors (Lipinski definition) is 2. The van der Waals surface area contributed by atoms with Gasteiger partial charge < -0.3 is 5.32 Å². The number of aromatic nitrogens is 1. The first kappa shape index (κ1) is 11.2. The van der Waals surface area contributed by atoms with E-state index in [4.69, 9.17) is 0 Å². The summed E-state index contributed by atoms with van der Waals surface area (Å²) in [5, 5.41) is 3.41. The molecule has 1 fully saturated rings. The molecule has 0 spiro atoms. The Morgan fingerprint density at radius 2 is 2.29 bits per heavy atom. The summed E-state index contributed by atoms with van der Waals surface area (Å²) < 4.78 is 0. The van der Waals surface area contributed by atoms with Gasteiger partial charge in [0.15, 0.2) is 0 Å². The van der Waals surface area contributed by atoms with Crippen LogP contribution in [0.3, 0.4) is 0 Å². The Morgan fingerprint density at radius 1 is 1.43 bits per heavy atom. The SMILES string of the molecule is CC.c1cncc(C2CCCNC2)c1. The van der Waals surface area contributed by atoms with Crippen LogP contribution in [0.2, 0.25) is 0 Å². The minimum absolute atomic E-state index is 0.687. The van der Waals surface area contributed by atoms with E-state index in [0.29, 0.717) is 5.92 Å². The van der Waals surface area contributed by atoms with Crippen molar-refractivity contribution >= 4 is 0 Å². The van der Waals surface area contributed by atoms with E-state index in [9.17, 15) is 0 Å². The lowest BCUT2D eigenvalue weighted by atomic mass is 9.93. The first-order valence-electron chi connectivity index (χ1n) is 5.57. The van der Waals surface area contributed by atoms with Gasteiger partial charge in [-0.3, -0.25) is 4.98 Å². The van der Waals surface area contributed by atoms with Crippen LogP contribution in [0.1, 0.15) is 38.2 Å². The van der Waals surface area contributed by atoms with E-state index in [0.717, 1.165) is 6.54 Å². The molecule has 2 rings (SSSR count). The van der Waals surface area contributed by atoms with Gasteiger partial charge in [-0.05, 0) is 36.9 Å². The number of nitrogens with one attached hydrogen (secondary N) is 1. The van der Waals surface area contributed by atoms with E-state index in [-0.39, 0.29) is 0 Å². The Kier molecular flexibility index (Phi) is 5.23. The van der Waals surface area contributed by atoms with Crippen LogP contribution in [0, 0.1) is 0 Å². The summed E-state index contributed by atoms with van der Waals surface area (Å²) in [6.07, 6.45) is 6.41. The van der Waals surface area contributed by atoms with Gasteiger partial charge in [-0.15, -0.1) is 0 Å². The number of rotatable bonds is 1. The van der Waals surface area contributed by atoms with Gasteiger partial charge in [-0.25, -0.2) is 0 Å². The summed E-state index contributed by atoms with van der Waals surface area (Å²) in [5.74, 6) is 0.687. The summed E-state index contributed by atoms with van der Waals surface area (Å²) in [5.41, 5.74) is 1.38. The van der Waals surface area contributed by atoms with Crippen LogP contribution in [0.4, 0.5) is 0 Å². The van der Waals surface area contributed by atoms with Gasteiger partial charge >= 0.3 is 0 Å². The molecule has 1 unspecified atom stereocenters. The van der Waals surface area contributed by atoms with Crippen LogP contribution in [-0.4, -0.2) is 18.1 Å². The van der Waals surface area contributed by atoms with Crippen molar-refractivity contribution in [3.05, 3.63) is 30.1 Å². The summed E-state index contributed by atoms with van der Waals surface area (Å²) in [6, 6.07) is 4.19. The van der Waals surface area contributed by atoms with Crippen LogP contribution in [0.15, 0.2) is 24.5 Å². The fraction of sp³-hybridized carbons (Fsp3) is 0.583. The molecule has 2 heteroatoms. The Hall–Kier alpha value is -0.890. The minimum atomic E-state index is 0.687. The molecule has 2 nitrogen and oxygen atoms in total. The van der Waals surface area contributed by atoms with Crippen molar-refractivity contribution in [3.63, 3.8) is 0 Å². The Bertz CT molecular complexity index is 227. The van der Waals surface area contributed by atoms with Crippen molar-refractivity contribution < 1.29 is 0 Å². The topological polar surface area (TPSA) is 24.9 Å². The smallest absolute Gasteiger partial charge is 0.0303 e. The zero-order chi connectivity index (χ0) is 10.2. The molecule has 2 heterocycles. The highest BCUT2D eigenvalue weighted by atomic mass is 14.9. The normalized spacial score (nSPS) is 20.9.